The summed E-state index contributed by atoms with van der Waals surface area (Å²) in [7, 11) is -2.61. The fourth-order valence-corrected chi connectivity index (χ4v) is 3.10. The lowest BCUT2D eigenvalue weighted by molar-refractivity contribution is 0.0696. The van der Waals surface area contributed by atoms with Crippen molar-refractivity contribution in [3.05, 3.63) is 29.6 Å². The van der Waals surface area contributed by atoms with Crippen molar-refractivity contribution in [1.29, 1.82) is 0 Å². The van der Waals surface area contributed by atoms with Crippen molar-refractivity contribution in [3.63, 3.8) is 0 Å². The van der Waals surface area contributed by atoms with Crippen molar-refractivity contribution in [2.75, 3.05) is 13.6 Å². The Morgan fingerprint density at radius 1 is 1.47 bits per heavy atom. The van der Waals surface area contributed by atoms with Gasteiger partial charge < -0.3 is 5.11 Å². The van der Waals surface area contributed by atoms with Gasteiger partial charge in [0, 0.05) is 13.6 Å². The number of hydrogen-bond acceptors (Lipinski definition) is 3. The quantitative estimate of drug-likeness (QED) is 0.891. The minimum atomic E-state index is -3.99. The number of aromatic carboxylic acids is 1. The predicted octanol–water partition coefficient (Wildman–Crippen LogP) is 1.55. The van der Waals surface area contributed by atoms with Crippen LogP contribution in [0, 0.1) is 11.7 Å². The molecule has 7 heteroatoms. The third-order valence-corrected chi connectivity index (χ3v) is 4.92. The van der Waals surface area contributed by atoms with Gasteiger partial charge in [-0.3, -0.25) is 0 Å². The third-order valence-electron chi connectivity index (χ3n) is 3.08. The van der Waals surface area contributed by atoms with Crippen LogP contribution in [0.15, 0.2) is 23.1 Å². The normalized spacial score (nSPS) is 15.7. The van der Waals surface area contributed by atoms with Crippen molar-refractivity contribution >= 4 is 16.0 Å². The first-order valence-electron chi connectivity index (χ1n) is 5.81. The largest absolute Gasteiger partial charge is 0.478 e. The lowest BCUT2D eigenvalue weighted by Crippen LogP contribution is -2.29. The molecule has 0 heterocycles. The van der Waals surface area contributed by atoms with Gasteiger partial charge >= 0.3 is 5.97 Å². The zero-order chi connectivity index (χ0) is 14.2. The van der Waals surface area contributed by atoms with Crippen LogP contribution in [-0.2, 0) is 10.0 Å². The molecule has 1 aliphatic carbocycles. The highest BCUT2D eigenvalue weighted by molar-refractivity contribution is 7.89. The van der Waals surface area contributed by atoms with E-state index in [9.17, 15) is 17.6 Å². The molecule has 0 spiro atoms. The zero-order valence-corrected chi connectivity index (χ0v) is 11.2. The molecule has 1 aliphatic rings. The molecule has 19 heavy (non-hydrogen) atoms. The molecule has 5 nitrogen and oxygen atoms in total. The molecular formula is C12H14FNO4S. The summed E-state index contributed by atoms with van der Waals surface area (Å²) in [6.07, 6.45) is 1.94. The van der Waals surface area contributed by atoms with Crippen LogP contribution in [-0.4, -0.2) is 37.4 Å². The summed E-state index contributed by atoms with van der Waals surface area (Å²) in [5, 5.41) is 8.83. The number of hydrogen-bond donors (Lipinski definition) is 1. The second kappa shape index (κ2) is 4.90. The highest BCUT2D eigenvalue weighted by atomic mass is 32.2. The van der Waals surface area contributed by atoms with Crippen molar-refractivity contribution < 1.29 is 22.7 Å². The lowest BCUT2D eigenvalue weighted by atomic mass is 10.2. The molecule has 0 unspecified atom stereocenters. The first kappa shape index (κ1) is 14.0. The number of benzene rings is 1. The summed E-state index contributed by atoms with van der Waals surface area (Å²) in [5.41, 5.74) is -0.250. The summed E-state index contributed by atoms with van der Waals surface area (Å²) < 4.78 is 39.1. The van der Waals surface area contributed by atoms with Crippen molar-refractivity contribution in [1.82, 2.24) is 4.31 Å². The molecule has 0 radical (unpaired) electrons. The molecule has 0 aromatic heterocycles. The molecule has 0 saturated heterocycles. The second-order valence-electron chi connectivity index (χ2n) is 4.68. The van der Waals surface area contributed by atoms with E-state index in [1.54, 1.807) is 0 Å². The van der Waals surface area contributed by atoms with Crippen LogP contribution in [0.1, 0.15) is 23.2 Å². The SMILES string of the molecule is CN(CC1CC1)S(=O)(=O)c1cc(C(=O)O)ccc1F. The van der Waals surface area contributed by atoms with E-state index >= 15 is 0 Å². The number of carbonyl (C=O) groups is 1. The van der Waals surface area contributed by atoms with Crippen molar-refractivity contribution in [2.45, 2.75) is 17.7 Å². The fourth-order valence-electron chi connectivity index (χ4n) is 1.76. The van der Waals surface area contributed by atoms with Gasteiger partial charge in [0.1, 0.15) is 10.7 Å². The number of sulfonamides is 1. The van der Waals surface area contributed by atoms with E-state index in [0.717, 1.165) is 35.3 Å². The summed E-state index contributed by atoms with van der Waals surface area (Å²) in [5.74, 6) is -1.90. The van der Waals surface area contributed by atoms with E-state index in [-0.39, 0.29) is 5.56 Å². The Morgan fingerprint density at radius 3 is 2.63 bits per heavy atom. The maximum absolute atomic E-state index is 13.6. The standard InChI is InChI=1S/C12H14FNO4S/c1-14(7-8-2-3-8)19(17,18)11-6-9(12(15)16)4-5-10(11)13/h4-6,8H,2-3,7H2,1H3,(H,15,16). The molecule has 0 amide bonds. The molecule has 0 atom stereocenters. The zero-order valence-electron chi connectivity index (χ0n) is 10.3. The van der Waals surface area contributed by atoms with E-state index in [0.29, 0.717) is 12.5 Å². The maximum Gasteiger partial charge on any atom is 0.335 e. The van der Waals surface area contributed by atoms with E-state index in [1.165, 1.54) is 7.05 Å². The number of carboxylic acids is 1. The van der Waals surface area contributed by atoms with Gasteiger partial charge in [-0.05, 0) is 37.0 Å². The van der Waals surface area contributed by atoms with Gasteiger partial charge in [0.2, 0.25) is 10.0 Å². The molecular weight excluding hydrogens is 273 g/mol. The molecule has 0 aliphatic heterocycles. The lowest BCUT2D eigenvalue weighted by Gasteiger charge is -2.17. The number of nitrogens with zero attached hydrogens (tertiary/aromatic N) is 1. The van der Waals surface area contributed by atoms with Gasteiger partial charge in [0.15, 0.2) is 0 Å². The van der Waals surface area contributed by atoms with Crippen molar-refractivity contribution in [3.8, 4) is 0 Å². The summed E-state index contributed by atoms with van der Waals surface area (Å²) in [4.78, 5) is 10.2. The van der Waals surface area contributed by atoms with E-state index in [4.69, 9.17) is 5.11 Å². The fraction of sp³-hybridized carbons (Fsp3) is 0.417. The Labute approximate surface area is 110 Å². The van der Waals surface area contributed by atoms with Gasteiger partial charge in [-0.2, -0.15) is 0 Å². The molecule has 2 rings (SSSR count). The van der Waals surface area contributed by atoms with Crippen molar-refractivity contribution in [2.24, 2.45) is 5.92 Å². The second-order valence-corrected chi connectivity index (χ2v) is 6.69. The molecule has 1 N–H and O–H groups in total. The number of carboxylic acid groups (broad SMARTS) is 1. The molecule has 1 aromatic carbocycles. The average Bonchev–Trinajstić information content (AvgIpc) is 3.12. The maximum atomic E-state index is 13.6. The predicted molar refractivity (Wildman–Crippen MR) is 65.9 cm³/mol. The van der Waals surface area contributed by atoms with Crippen LogP contribution >= 0.6 is 0 Å². The summed E-state index contributed by atoms with van der Waals surface area (Å²) in [6.45, 7) is 0.332. The van der Waals surface area contributed by atoms with Crippen LogP contribution in [0.25, 0.3) is 0 Å². The average molecular weight is 287 g/mol. The van der Waals surface area contributed by atoms with Crippen LogP contribution in [0.4, 0.5) is 4.39 Å². The Balaban J connectivity index is 2.37. The highest BCUT2D eigenvalue weighted by Gasteiger charge is 2.31. The third kappa shape index (κ3) is 2.93. The van der Waals surface area contributed by atoms with Gasteiger partial charge in [-0.25, -0.2) is 21.9 Å². The summed E-state index contributed by atoms with van der Waals surface area (Å²) >= 11 is 0. The first-order chi connectivity index (χ1) is 8.82. The molecule has 0 bridgehead atoms. The van der Waals surface area contributed by atoms with Gasteiger partial charge in [-0.15, -0.1) is 0 Å². The molecule has 1 saturated carbocycles. The highest BCUT2D eigenvalue weighted by Crippen LogP contribution is 2.31. The number of halogens is 1. The van der Waals surface area contributed by atoms with Gasteiger partial charge in [-0.1, -0.05) is 0 Å². The van der Waals surface area contributed by atoms with Crippen LogP contribution in [0.5, 0.6) is 0 Å². The Bertz CT molecular complexity index is 610. The van der Waals surface area contributed by atoms with Crippen LogP contribution < -0.4 is 0 Å². The van der Waals surface area contributed by atoms with Gasteiger partial charge in [0.25, 0.3) is 0 Å². The monoisotopic (exact) mass is 287 g/mol. The molecule has 1 aromatic rings. The van der Waals surface area contributed by atoms with E-state index < -0.39 is 26.7 Å². The van der Waals surface area contributed by atoms with Crippen LogP contribution in [0.2, 0.25) is 0 Å². The Kier molecular flexibility index (Phi) is 3.60. The molecule has 104 valence electrons. The summed E-state index contributed by atoms with van der Waals surface area (Å²) in [6, 6.07) is 2.76. The van der Waals surface area contributed by atoms with Crippen LogP contribution in [0.3, 0.4) is 0 Å². The first-order valence-corrected chi connectivity index (χ1v) is 7.25. The Morgan fingerprint density at radius 2 is 2.11 bits per heavy atom. The number of rotatable bonds is 5. The molecule has 1 fully saturated rings. The Hall–Kier alpha value is -1.47. The minimum absolute atomic E-state index is 0.250. The minimum Gasteiger partial charge on any atom is -0.478 e. The topological polar surface area (TPSA) is 74.7 Å². The smallest absolute Gasteiger partial charge is 0.335 e. The van der Waals surface area contributed by atoms with E-state index in [2.05, 4.69) is 0 Å². The van der Waals surface area contributed by atoms with Gasteiger partial charge in [0.05, 0.1) is 5.56 Å². The van der Waals surface area contributed by atoms with E-state index in [1.807, 2.05) is 0 Å².